The quantitative estimate of drug-likeness (QED) is 0.0469. The summed E-state index contributed by atoms with van der Waals surface area (Å²) in [5.74, 6) is 2.21. The van der Waals surface area contributed by atoms with Crippen molar-refractivity contribution in [3.05, 3.63) is 24.3 Å². The number of methoxy groups -OCH3 is 2. The third-order valence-electron chi connectivity index (χ3n) is 14.9. The minimum Gasteiger partial charge on any atom is -0.400 e. The van der Waals surface area contributed by atoms with Crippen LogP contribution in [-0.2, 0) is 38.1 Å². The van der Waals surface area contributed by atoms with Crippen LogP contribution in [-0.4, -0.2) is 95.1 Å². The molecule has 1 rings (SSSR count). The number of rotatable bonds is 56. The van der Waals surface area contributed by atoms with Crippen LogP contribution in [0.25, 0.3) is 0 Å². The highest BCUT2D eigenvalue weighted by atomic mass is 16.6. The van der Waals surface area contributed by atoms with Gasteiger partial charge in [-0.15, -0.1) is 0 Å². The number of allylic oxidation sites excluding steroid dienone is 2. The van der Waals surface area contributed by atoms with Gasteiger partial charge < -0.3 is 28.8 Å². The molecule has 72 heavy (non-hydrogen) atoms. The maximum Gasteiger partial charge on any atom is 0.158 e. The zero-order valence-electron chi connectivity index (χ0n) is 48.2. The molecule has 1 aliphatic rings. The lowest BCUT2D eigenvalue weighted by atomic mass is 9.69. The molecule has 0 amide bonds. The molecule has 1 saturated carbocycles. The number of hydrogen-bond donors (Lipinski definition) is 1. The minimum absolute atomic E-state index is 0.00574. The number of carbonyl (C=O) groups is 3. The first-order valence-electron chi connectivity index (χ1n) is 30.5. The summed E-state index contributed by atoms with van der Waals surface area (Å²) >= 11 is 0. The van der Waals surface area contributed by atoms with E-state index in [2.05, 4.69) is 45.1 Å². The SMILES string of the molecule is CCCCCCC(C/C=C\CCCCCCCC(=O)COCC(COCC(=O)CCCCCCC/C=C/CC(CCCCCC)OC)OCC(=O)CCCCCCCC1CCC1CCCCCC)OC.CO. The zero-order chi connectivity index (χ0) is 52.8. The maximum atomic E-state index is 12.9. The van der Waals surface area contributed by atoms with Crippen molar-refractivity contribution in [2.24, 2.45) is 11.8 Å². The smallest absolute Gasteiger partial charge is 0.158 e. The Morgan fingerprint density at radius 3 is 1.17 bits per heavy atom. The van der Waals surface area contributed by atoms with Crippen molar-refractivity contribution in [1.82, 2.24) is 0 Å². The van der Waals surface area contributed by atoms with Crippen LogP contribution in [0.5, 0.6) is 0 Å². The van der Waals surface area contributed by atoms with Gasteiger partial charge in [0, 0.05) is 40.6 Å². The molecule has 1 aliphatic carbocycles. The number of hydrogen-bond acceptors (Lipinski definition) is 9. The number of ether oxygens (including phenoxy) is 5. The van der Waals surface area contributed by atoms with Gasteiger partial charge in [0.25, 0.3) is 0 Å². The summed E-state index contributed by atoms with van der Waals surface area (Å²) in [6.07, 6.45) is 55.4. The van der Waals surface area contributed by atoms with Crippen LogP contribution in [0.1, 0.15) is 278 Å². The first-order chi connectivity index (χ1) is 35.4. The van der Waals surface area contributed by atoms with E-state index in [9.17, 15) is 14.4 Å². The van der Waals surface area contributed by atoms with E-state index in [0.717, 1.165) is 109 Å². The Morgan fingerprint density at radius 1 is 0.431 bits per heavy atom. The number of aliphatic hydroxyl groups is 1. The largest absolute Gasteiger partial charge is 0.400 e. The van der Waals surface area contributed by atoms with Crippen molar-refractivity contribution in [2.45, 2.75) is 296 Å². The fourth-order valence-electron chi connectivity index (χ4n) is 9.89. The maximum absolute atomic E-state index is 12.9. The Kier molecular flexibility index (Phi) is 54.1. The summed E-state index contributed by atoms with van der Waals surface area (Å²) < 4.78 is 29.0. The summed E-state index contributed by atoms with van der Waals surface area (Å²) in [6, 6.07) is 0. The molecule has 9 nitrogen and oxygen atoms in total. The number of aliphatic hydroxyl groups excluding tert-OH is 1. The lowest BCUT2D eigenvalue weighted by molar-refractivity contribution is -0.135. The fourth-order valence-corrected chi connectivity index (χ4v) is 9.89. The molecule has 0 bridgehead atoms. The first kappa shape index (κ1) is 70.2. The molecule has 0 heterocycles. The van der Waals surface area contributed by atoms with Crippen molar-refractivity contribution >= 4 is 17.3 Å². The van der Waals surface area contributed by atoms with Gasteiger partial charge in [-0.3, -0.25) is 14.4 Å². The average Bonchev–Trinajstić information content (AvgIpc) is 3.38. The number of ketones is 3. The molecule has 0 aromatic rings. The zero-order valence-corrected chi connectivity index (χ0v) is 48.2. The summed E-state index contributed by atoms with van der Waals surface area (Å²) in [7, 11) is 4.66. The number of unbranched alkanes of at least 4 members (excludes halogenated alkanes) is 23. The fraction of sp³-hybridized carbons (Fsp3) is 0.889. The van der Waals surface area contributed by atoms with E-state index in [4.69, 9.17) is 28.8 Å². The molecule has 9 heteroatoms. The molecule has 1 N–H and O–H groups in total. The van der Waals surface area contributed by atoms with Gasteiger partial charge in [0.1, 0.15) is 25.9 Å². The highest BCUT2D eigenvalue weighted by Crippen LogP contribution is 2.41. The van der Waals surface area contributed by atoms with Crippen LogP contribution in [0.3, 0.4) is 0 Å². The molecular formula is C63H118O9. The normalized spacial score (nSPS) is 15.9. The van der Waals surface area contributed by atoms with Gasteiger partial charge in [0.15, 0.2) is 17.3 Å². The van der Waals surface area contributed by atoms with Gasteiger partial charge in [0.2, 0.25) is 0 Å². The number of Topliss-reactive ketones (excluding diaryl/α,β-unsaturated/α-hetero) is 3. The molecule has 5 atom stereocenters. The first-order valence-corrected chi connectivity index (χ1v) is 30.5. The van der Waals surface area contributed by atoms with Gasteiger partial charge in [-0.05, 0) is 95.3 Å². The highest BCUT2D eigenvalue weighted by molar-refractivity contribution is 5.80. The summed E-state index contributed by atoms with van der Waals surface area (Å²) in [4.78, 5) is 38.2. The van der Waals surface area contributed by atoms with Gasteiger partial charge >= 0.3 is 0 Å². The molecule has 0 radical (unpaired) electrons. The average molecular weight is 1020 g/mol. The van der Waals surface area contributed by atoms with Crippen molar-refractivity contribution in [3.63, 3.8) is 0 Å². The van der Waals surface area contributed by atoms with Crippen molar-refractivity contribution < 1.29 is 43.2 Å². The van der Waals surface area contributed by atoms with Gasteiger partial charge in [-0.2, -0.15) is 0 Å². The van der Waals surface area contributed by atoms with Crippen LogP contribution in [0.4, 0.5) is 0 Å². The molecule has 424 valence electrons. The standard InChI is InChI=1S/C62H114O8.CH4O/c1-6-9-12-30-39-55-48-49-56(55)40-31-24-23-27-34-43-59(65)52-70-62(53-68-50-57(63)41-32-25-19-15-17-21-28-37-46-60(66-4)44-35-13-10-7-2)54-69-51-58(64)42-33-26-20-16-18-22-29-38-47-61(67-5)45-36-14-11-8-3;1-2/h28-29,37-38,55-56,60-62H,6-27,30-36,39-54H2,1-5H3;2H,1H3/b37-28-,38-29+;. The Labute approximate surface area is 445 Å². The lowest BCUT2D eigenvalue weighted by Gasteiger charge is -2.37. The van der Waals surface area contributed by atoms with E-state index in [1.165, 1.54) is 148 Å². The molecule has 0 aromatic heterocycles. The van der Waals surface area contributed by atoms with Crippen LogP contribution in [0.15, 0.2) is 24.3 Å². The van der Waals surface area contributed by atoms with E-state index < -0.39 is 6.10 Å². The van der Waals surface area contributed by atoms with Crippen LogP contribution < -0.4 is 0 Å². The van der Waals surface area contributed by atoms with E-state index in [-0.39, 0.29) is 50.4 Å². The second kappa shape index (κ2) is 55.5. The predicted octanol–water partition coefficient (Wildman–Crippen LogP) is 16.8. The molecule has 0 aliphatic heterocycles. The molecular weight excluding hydrogens is 901 g/mol. The monoisotopic (exact) mass is 1020 g/mol. The van der Waals surface area contributed by atoms with Gasteiger partial charge in [0.05, 0.1) is 25.4 Å². The van der Waals surface area contributed by atoms with E-state index in [0.29, 0.717) is 31.5 Å². The molecule has 5 unspecified atom stereocenters. The minimum atomic E-state index is -0.507. The Morgan fingerprint density at radius 2 is 0.778 bits per heavy atom. The number of carbonyl (C=O) groups excluding carboxylic acids is 3. The second-order valence-electron chi connectivity index (χ2n) is 21.3. The summed E-state index contributed by atoms with van der Waals surface area (Å²) in [5, 5.41) is 7.00. The van der Waals surface area contributed by atoms with Crippen molar-refractivity contribution in [1.29, 1.82) is 0 Å². The van der Waals surface area contributed by atoms with Gasteiger partial charge in [-0.25, -0.2) is 0 Å². The lowest BCUT2D eigenvalue weighted by Crippen LogP contribution is -2.30. The molecule has 1 fully saturated rings. The Hall–Kier alpha value is -1.75. The second-order valence-corrected chi connectivity index (χ2v) is 21.3. The Balaban J connectivity index is 0.0000249. The van der Waals surface area contributed by atoms with Crippen molar-refractivity contribution in [2.75, 3.05) is 54.4 Å². The highest BCUT2D eigenvalue weighted by Gasteiger charge is 2.29. The van der Waals surface area contributed by atoms with Crippen LogP contribution in [0.2, 0.25) is 0 Å². The Bertz CT molecular complexity index is 1170. The van der Waals surface area contributed by atoms with E-state index in [1.807, 2.05) is 14.2 Å². The van der Waals surface area contributed by atoms with Crippen LogP contribution >= 0.6 is 0 Å². The third-order valence-corrected chi connectivity index (χ3v) is 14.9. The summed E-state index contributed by atoms with van der Waals surface area (Å²) in [6.45, 7) is 7.17. The van der Waals surface area contributed by atoms with Crippen LogP contribution in [0, 0.1) is 11.8 Å². The van der Waals surface area contributed by atoms with Gasteiger partial charge in [-0.1, -0.05) is 199 Å². The van der Waals surface area contributed by atoms with Crippen molar-refractivity contribution in [3.8, 4) is 0 Å². The molecule has 0 aromatic carbocycles. The third kappa shape index (κ3) is 45.6. The summed E-state index contributed by atoms with van der Waals surface area (Å²) in [5.41, 5.74) is 0. The molecule has 0 spiro atoms. The molecule has 0 saturated heterocycles. The topological polar surface area (TPSA) is 118 Å². The predicted molar refractivity (Wildman–Crippen MR) is 303 cm³/mol. The van der Waals surface area contributed by atoms with E-state index in [1.54, 1.807) is 0 Å². The van der Waals surface area contributed by atoms with E-state index >= 15 is 0 Å².